The summed E-state index contributed by atoms with van der Waals surface area (Å²) in [7, 11) is 0. The van der Waals surface area contributed by atoms with Crippen LogP contribution in [-0.2, 0) is 0 Å². The van der Waals surface area contributed by atoms with Crippen LogP contribution < -0.4 is 4.90 Å². The van der Waals surface area contributed by atoms with E-state index in [1.54, 1.807) is 35.4 Å². The molecule has 27 heavy (non-hydrogen) atoms. The van der Waals surface area contributed by atoms with Crippen LogP contribution in [0, 0.1) is 6.92 Å². The van der Waals surface area contributed by atoms with E-state index in [-0.39, 0.29) is 5.91 Å². The minimum absolute atomic E-state index is 0.0483. The summed E-state index contributed by atoms with van der Waals surface area (Å²) >= 11 is 0. The summed E-state index contributed by atoms with van der Waals surface area (Å²) in [6.07, 6.45) is 8.63. The average molecular weight is 363 g/mol. The van der Waals surface area contributed by atoms with E-state index in [1.165, 1.54) is 0 Å². The first-order valence-corrected chi connectivity index (χ1v) is 8.71. The van der Waals surface area contributed by atoms with Crippen LogP contribution in [0.5, 0.6) is 0 Å². The number of rotatable bonds is 2. The fourth-order valence-corrected chi connectivity index (χ4v) is 3.42. The summed E-state index contributed by atoms with van der Waals surface area (Å²) < 4.78 is 3.53. The Morgan fingerprint density at radius 1 is 1.00 bits per heavy atom. The molecule has 0 atom stereocenters. The molecule has 10 heteroatoms. The largest absolute Gasteiger partial charge is 0.350 e. The maximum absolute atomic E-state index is 12.9. The molecule has 10 nitrogen and oxygen atoms in total. The third-order valence-corrected chi connectivity index (χ3v) is 4.85. The summed E-state index contributed by atoms with van der Waals surface area (Å²) in [5, 5.41) is 12.6. The Balaban J connectivity index is 1.36. The van der Waals surface area contributed by atoms with Gasteiger partial charge in [0.1, 0.15) is 11.4 Å². The molecule has 4 aromatic rings. The molecule has 136 valence electrons. The number of nitrogens with zero attached hydrogens (tertiary/aromatic N) is 9. The van der Waals surface area contributed by atoms with Crippen molar-refractivity contribution in [3.8, 4) is 0 Å². The van der Waals surface area contributed by atoms with Crippen LogP contribution in [0.15, 0.2) is 37.1 Å². The van der Waals surface area contributed by atoms with Crippen molar-refractivity contribution in [1.82, 2.24) is 39.1 Å². The van der Waals surface area contributed by atoms with Crippen molar-refractivity contribution in [2.24, 2.45) is 0 Å². The van der Waals surface area contributed by atoms with Gasteiger partial charge in [-0.3, -0.25) is 9.20 Å². The van der Waals surface area contributed by atoms with Crippen LogP contribution in [0.3, 0.4) is 0 Å². The van der Waals surface area contributed by atoms with Gasteiger partial charge in [0, 0.05) is 51.0 Å². The van der Waals surface area contributed by atoms with Gasteiger partial charge in [-0.25, -0.2) is 14.5 Å². The Hall–Kier alpha value is -3.56. The van der Waals surface area contributed by atoms with Crippen LogP contribution in [0.1, 0.15) is 16.2 Å². The summed E-state index contributed by atoms with van der Waals surface area (Å²) in [6.45, 7) is 4.45. The number of piperazine rings is 1. The molecule has 0 aromatic carbocycles. The molecule has 1 fully saturated rings. The lowest BCUT2D eigenvalue weighted by atomic mass is 10.2. The van der Waals surface area contributed by atoms with Crippen LogP contribution in [0.2, 0.25) is 0 Å². The molecular weight excluding hydrogens is 346 g/mol. The lowest BCUT2D eigenvalue weighted by Gasteiger charge is -2.35. The Morgan fingerprint density at radius 2 is 1.85 bits per heavy atom. The molecule has 0 unspecified atom stereocenters. The minimum atomic E-state index is -0.0483. The number of hydrogen-bond acceptors (Lipinski definition) is 7. The zero-order valence-corrected chi connectivity index (χ0v) is 14.7. The Morgan fingerprint density at radius 3 is 2.70 bits per heavy atom. The second-order valence-electron chi connectivity index (χ2n) is 6.42. The molecule has 0 N–H and O–H groups in total. The third-order valence-electron chi connectivity index (χ3n) is 4.85. The van der Waals surface area contributed by atoms with Crippen molar-refractivity contribution in [1.29, 1.82) is 0 Å². The normalized spacial score (nSPS) is 15.0. The first-order chi connectivity index (χ1) is 13.2. The molecular formula is C17H17N9O. The molecule has 1 saturated heterocycles. The van der Waals surface area contributed by atoms with E-state index in [0.29, 0.717) is 37.4 Å². The van der Waals surface area contributed by atoms with Crippen molar-refractivity contribution < 1.29 is 4.79 Å². The van der Waals surface area contributed by atoms with E-state index in [9.17, 15) is 4.79 Å². The van der Waals surface area contributed by atoms with Crippen LogP contribution in [0.4, 0.5) is 5.82 Å². The fourth-order valence-electron chi connectivity index (χ4n) is 3.42. The van der Waals surface area contributed by atoms with Gasteiger partial charge in [-0.2, -0.15) is 5.10 Å². The first kappa shape index (κ1) is 15.7. The van der Waals surface area contributed by atoms with Crippen molar-refractivity contribution >= 4 is 23.0 Å². The third kappa shape index (κ3) is 2.48. The molecule has 0 bridgehead atoms. The molecule has 0 aliphatic carbocycles. The van der Waals surface area contributed by atoms with Crippen molar-refractivity contribution in [2.45, 2.75) is 6.92 Å². The van der Waals surface area contributed by atoms with Crippen LogP contribution in [0.25, 0.3) is 11.3 Å². The molecule has 0 spiro atoms. The lowest BCUT2D eigenvalue weighted by molar-refractivity contribution is 0.0748. The Bertz CT molecular complexity index is 1140. The highest BCUT2D eigenvalue weighted by atomic mass is 16.2. The predicted octanol–water partition coefficient (Wildman–Crippen LogP) is 0.438. The van der Waals surface area contributed by atoms with E-state index in [1.807, 2.05) is 22.4 Å². The van der Waals surface area contributed by atoms with E-state index < -0.39 is 0 Å². The lowest BCUT2D eigenvalue weighted by Crippen LogP contribution is -2.49. The topological polar surface area (TPSA) is 96.8 Å². The summed E-state index contributed by atoms with van der Waals surface area (Å²) in [5.41, 5.74) is 1.84. The Kier molecular flexibility index (Phi) is 3.49. The van der Waals surface area contributed by atoms with Crippen molar-refractivity contribution in [3.63, 3.8) is 0 Å². The summed E-state index contributed by atoms with van der Waals surface area (Å²) in [4.78, 5) is 25.6. The van der Waals surface area contributed by atoms with Crippen molar-refractivity contribution in [3.05, 3.63) is 48.4 Å². The zero-order valence-electron chi connectivity index (χ0n) is 14.7. The minimum Gasteiger partial charge on any atom is -0.350 e. The average Bonchev–Trinajstić information content (AvgIpc) is 3.32. The highest BCUT2D eigenvalue weighted by molar-refractivity contribution is 5.99. The van der Waals surface area contributed by atoms with Crippen molar-refractivity contribution in [2.75, 3.05) is 31.1 Å². The Labute approximate surface area is 154 Å². The maximum atomic E-state index is 12.9. The molecule has 4 aromatic heterocycles. The number of carbonyl (C=O) groups excluding carboxylic acids is 1. The van der Waals surface area contributed by atoms with Gasteiger partial charge in [0.25, 0.3) is 5.91 Å². The van der Waals surface area contributed by atoms with E-state index in [2.05, 4.69) is 30.2 Å². The van der Waals surface area contributed by atoms with Gasteiger partial charge in [-0.05, 0) is 13.0 Å². The highest BCUT2D eigenvalue weighted by Crippen LogP contribution is 2.20. The number of fused-ring (bicyclic) bond motifs is 2. The molecule has 0 radical (unpaired) electrons. The number of amides is 1. The first-order valence-electron chi connectivity index (χ1n) is 8.71. The van der Waals surface area contributed by atoms with Gasteiger partial charge in [0.2, 0.25) is 5.65 Å². The van der Waals surface area contributed by atoms with E-state index in [4.69, 9.17) is 0 Å². The zero-order chi connectivity index (χ0) is 18.4. The van der Waals surface area contributed by atoms with Gasteiger partial charge in [0.15, 0.2) is 11.5 Å². The molecule has 1 aliphatic rings. The molecule has 1 amide bonds. The molecule has 1 aliphatic heterocycles. The molecule has 5 rings (SSSR count). The number of anilines is 1. The molecule has 0 saturated carbocycles. The van der Waals surface area contributed by atoms with Gasteiger partial charge < -0.3 is 9.80 Å². The SMILES string of the molecule is Cc1nnc2c(N3CCN(C(=O)c4cnn5cccnc45)CC3)nccn12. The maximum Gasteiger partial charge on any atom is 0.259 e. The summed E-state index contributed by atoms with van der Waals surface area (Å²) in [6, 6.07) is 1.78. The summed E-state index contributed by atoms with van der Waals surface area (Å²) in [5.74, 6) is 1.57. The second kappa shape index (κ2) is 6.01. The van der Waals surface area contributed by atoms with E-state index >= 15 is 0 Å². The fraction of sp³-hybridized carbons (Fsp3) is 0.294. The molecule has 5 heterocycles. The van der Waals surface area contributed by atoms with Gasteiger partial charge >= 0.3 is 0 Å². The van der Waals surface area contributed by atoms with Gasteiger partial charge in [0.05, 0.1) is 6.20 Å². The second-order valence-corrected chi connectivity index (χ2v) is 6.42. The standard InChI is InChI=1S/C17H17N9O/c1-12-21-22-16-15(19-4-6-25(12)16)23-7-9-24(10-8-23)17(27)13-11-20-26-5-2-3-18-14(13)26/h2-6,11H,7-10H2,1H3. The number of hydrogen-bond donors (Lipinski definition) is 0. The number of carbonyl (C=O) groups is 1. The van der Waals surface area contributed by atoms with E-state index in [0.717, 1.165) is 17.3 Å². The van der Waals surface area contributed by atoms with Crippen LogP contribution >= 0.6 is 0 Å². The number of aromatic nitrogens is 7. The van der Waals surface area contributed by atoms with Gasteiger partial charge in [-0.15, -0.1) is 10.2 Å². The monoisotopic (exact) mass is 363 g/mol. The van der Waals surface area contributed by atoms with Crippen LogP contribution in [-0.4, -0.2) is 71.2 Å². The predicted molar refractivity (Wildman–Crippen MR) is 96.6 cm³/mol. The van der Waals surface area contributed by atoms with Gasteiger partial charge in [-0.1, -0.05) is 0 Å². The number of aryl methyl sites for hydroxylation is 1. The highest BCUT2D eigenvalue weighted by Gasteiger charge is 2.26. The smallest absolute Gasteiger partial charge is 0.259 e. The quantitative estimate of drug-likeness (QED) is 0.510.